The number of halogens is 2. The lowest BCUT2D eigenvalue weighted by Crippen LogP contribution is -2.37. The molecule has 0 spiro atoms. The van der Waals surface area contributed by atoms with E-state index < -0.39 is 0 Å². The third-order valence-corrected chi connectivity index (χ3v) is 3.76. The fourth-order valence-electron chi connectivity index (χ4n) is 1.84. The summed E-state index contributed by atoms with van der Waals surface area (Å²) in [5.41, 5.74) is 2.11. The van der Waals surface area contributed by atoms with Gasteiger partial charge in [-0.2, -0.15) is 0 Å². The second-order valence-corrected chi connectivity index (χ2v) is 5.65. The van der Waals surface area contributed by atoms with Crippen LogP contribution in [0.5, 0.6) is 0 Å². The van der Waals surface area contributed by atoms with Gasteiger partial charge in [-0.3, -0.25) is 4.99 Å². The average Bonchev–Trinajstić information content (AvgIpc) is 2.90. The minimum absolute atomic E-state index is 0. The molecule has 1 aromatic heterocycles. The van der Waals surface area contributed by atoms with Gasteiger partial charge >= 0.3 is 0 Å². The highest BCUT2D eigenvalue weighted by Gasteiger charge is 2.01. The number of aryl methyl sites for hydroxylation is 1. The Balaban J connectivity index is 0.00000242. The molecule has 0 bridgehead atoms. The first-order valence-corrected chi connectivity index (χ1v) is 7.65. The first-order valence-electron chi connectivity index (χ1n) is 6.77. The zero-order valence-corrected chi connectivity index (χ0v) is 15.7. The quantitative estimate of drug-likeness (QED) is 0.432. The smallest absolute Gasteiger partial charge is 0.191 e. The summed E-state index contributed by atoms with van der Waals surface area (Å²) in [5.74, 6) is 0.506. The number of hydrogen-bond donors (Lipinski definition) is 2. The van der Waals surface area contributed by atoms with Crippen molar-refractivity contribution < 1.29 is 4.39 Å². The van der Waals surface area contributed by atoms with Gasteiger partial charge < -0.3 is 10.6 Å². The van der Waals surface area contributed by atoms with E-state index in [4.69, 9.17) is 0 Å². The summed E-state index contributed by atoms with van der Waals surface area (Å²) in [7, 11) is 1.73. The lowest BCUT2D eigenvalue weighted by molar-refractivity contribution is 0.626. The topological polar surface area (TPSA) is 49.3 Å². The lowest BCUT2D eigenvalue weighted by atomic mass is 10.2. The van der Waals surface area contributed by atoms with Crippen molar-refractivity contribution in [1.29, 1.82) is 0 Å². The van der Waals surface area contributed by atoms with E-state index in [0.717, 1.165) is 35.2 Å². The Labute approximate surface area is 151 Å². The van der Waals surface area contributed by atoms with Crippen LogP contribution in [0.4, 0.5) is 4.39 Å². The van der Waals surface area contributed by atoms with Gasteiger partial charge in [0.25, 0.3) is 0 Å². The average molecular weight is 434 g/mol. The van der Waals surface area contributed by atoms with Crippen LogP contribution in [0.2, 0.25) is 0 Å². The summed E-state index contributed by atoms with van der Waals surface area (Å²) in [6.07, 6.45) is 0.863. The summed E-state index contributed by atoms with van der Waals surface area (Å²) in [6.45, 7) is 3.38. The van der Waals surface area contributed by atoms with E-state index in [2.05, 4.69) is 26.0 Å². The summed E-state index contributed by atoms with van der Waals surface area (Å²) < 4.78 is 12.8. The fraction of sp³-hybridized carbons (Fsp3) is 0.333. The van der Waals surface area contributed by atoms with Crippen molar-refractivity contribution in [3.63, 3.8) is 0 Å². The summed E-state index contributed by atoms with van der Waals surface area (Å²) in [5, 5.41) is 9.60. The van der Waals surface area contributed by atoms with Gasteiger partial charge in [0.15, 0.2) is 5.96 Å². The maximum Gasteiger partial charge on any atom is 0.191 e. The number of aliphatic imine (C=N–C) groups is 1. The Morgan fingerprint density at radius 1 is 1.27 bits per heavy atom. The standard InChI is InChI=1S/C15H19FN4S.HI/c1-11-20-14(10-21-11)7-8-18-15(17-2)19-9-12-3-5-13(16)6-4-12;/h3-6,10H,7-9H2,1-2H3,(H2,17,18,19);1H. The number of nitrogens with one attached hydrogen (secondary N) is 2. The highest BCUT2D eigenvalue weighted by molar-refractivity contribution is 14.0. The van der Waals surface area contributed by atoms with Crippen molar-refractivity contribution in [2.45, 2.75) is 19.9 Å². The number of rotatable bonds is 5. The highest BCUT2D eigenvalue weighted by Crippen LogP contribution is 2.07. The van der Waals surface area contributed by atoms with E-state index in [0.29, 0.717) is 6.54 Å². The molecule has 2 aromatic rings. The Bertz CT molecular complexity index is 598. The minimum Gasteiger partial charge on any atom is -0.356 e. The van der Waals surface area contributed by atoms with Crippen molar-refractivity contribution in [1.82, 2.24) is 15.6 Å². The summed E-state index contributed by atoms with van der Waals surface area (Å²) in [6, 6.07) is 6.43. The first kappa shape index (κ1) is 18.8. The van der Waals surface area contributed by atoms with E-state index in [1.807, 2.05) is 6.92 Å². The molecule has 4 nitrogen and oxygen atoms in total. The molecular weight excluding hydrogens is 414 g/mol. The normalized spacial score (nSPS) is 11.0. The first-order chi connectivity index (χ1) is 10.2. The molecule has 7 heteroatoms. The van der Waals surface area contributed by atoms with Crippen molar-refractivity contribution in [2.75, 3.05) is 13.6 Å². The SMILES string of the molecule is CN=C(NCCc1csc(C)n1)NCc1ccc(F)cc1.I. The van der Waals surface area contributed by atoms with Crippen LogP contribution in [0, 0.1) is 12.7 Å². The number of aromatic nitrogens is 1. The lowest BCUT2D eigenvalue weighted by Gasteiger charge is -2.11. The molecule has 0 unspecified atom stereocenters. The maximum atomic E-state index is 12.8. The van der Waals surface area contributed by atoms with Crippen molar-refractivity contribution in [3.8, 4) is 0 Å². The van der Waals surface area contributed by atoms with Crippen LogP contribution in [-0.4, -0.2) is 24.5 Å². The van der Waals surface area contributed by atoms with Crippen LogP contribution in [0.15, 0.2) is 34.6 Å². The molecule has 0 saturated carbocycles. The molecule has 22 heavy (non-hydrogen) atoms. The molecule has 0 fully saturated rings. The number of guanidine groups is 1. The van der Waals surface area contributed by atoms with E-state index in [-0.39, 0.29) is 29.8 Å². The third kappa shape index (κ3) is 6.27. The van der Waals surface area contributed by atoms with Gasteiger partial charge in [-0.1, -0.05) is 12.1 Å². The molecule has 1 aromatic carbocycles. The van der Waals surface area contributed by atoms with Gasteiger partial charge in [0.05, 0.1) is 10.7 Å². The molecule has 1 heterocycles. The molecular formula is C15H20FIN4S. The Hall–Kier alpha value is -1.22. The van der Waals surface area contributed by atoms with E-state index in [1.165, 1.54) is 12.1 Å². The van der Waals surface area contributed by atoms with Gasteiger partial charge in [-0.05, 0) is 24.6 Å². The van der Waals surface area contributed by atoms with Crippen LogP contribution >= 0.6 is 35.3 Å². The Morgan fingerprint density at radius 3 is 2.59 bits per heavy atom. The molecule has 0 atom stereocenters. The molecule has 0 aliphatic heterocycles. The molecule has 0 saturated heterocycles. The van der Waals surface area contributed by atoms with Gasteiger partial charge in [0, 0.05) is 31.9 Å². The van der Waals surface area contributed by atoms with E-state index >= 15 is 0 Å². The van der Waals surface area contributed by atoms with Crippen molar-refractivity contribution in [3.05, 3.63) is 51.7 Å². The number of hydrogen-bond acceptors (Lipinski definition) is 3. The van der Waals surface area contributed by atoms with Gasteiger partial charge in [-0.15, -0.1) is 35.3 Å². The fourth-order valence-corrected chi connectivity index (χ4v) is 2.49. The highest BCUT2D eigenvalue weighted by atomic mass is 127. The molecule has 0 radical (unpaired) electrons. The van der Waals surface area contributed by atoms with E-state index in [1.54, 1.807) is 30.5 Å². The van der Waals surface area contributed by atoms with Crippen molar-refractivity contribution >= 4 is 41.3 Å². The molecule has 0 aliphatic rings. The molecule has 120 valence electrons. The Kier molecular flexibility index (Phi) is 8.32. The maximum absolute atomic E-state index is 12.8. The zero-order valence-electron chi connectivity index (χ0n) is 12.6. The second-order valence-electron chi connectivity index (χ2n) is 4.59. The largest absolute Gasteiger partial charge is 0.356 e. The Morgan fingerprint density at radius 2 is 2.00 bits per heavy atom. The molecule has 2 N–H and O–H groups in total. The van der Waals surface area contributed by atoms with Crippen molar-refractivity contribution in [2.24, 2.45) is 4.99 Å². The number of nitrogens with zero attached hydrogens (tertiary/aromatic N) is 2. The second kappa shape index (κ2) is 9.73. The molecule has 2 rings (SSSR count). The monoisotopic (exact) mass is 434 g/mol. The summed E-state index contributed by atoms with van der Waals surface area (Å²) in [4.78, 5) is 8.58. The summed E-state index contributed by atoms with van der Waals surface area (Å²) >= 11 is 1.66. The predicted octanol–water partition coefficient (Wildman–Crippen LogP) is 3.12. The third-order valence-electron chi connectivity index (χ3n) is 2.94. The number of benzene rings is 1. The van der Waals surface area contributed by atoms with Gasteiger partial charge in [-0.25, -0.2) is 9.37 Å². The number of thiazole rings is 1. The van der Waals surface area contributed by atoms with Crippen LogP contribution in [-0.2, 0) is 13.0 Å². The van der Waals surface area contributed by atoms with Crippen LogP contribution < -0.4 is 10.6 Å². The molecule has 0 amide bonds. The van der Waals surface area contributed by atoms with Crippen LogP contribution in [0.25, 0.3) is 0 Å². The zero-order chi connectivity index (χ0) is 15.1. The van der Waals surface area contributed by atoms with E-state index in [9.17, 15) is 4.39 Å². The van der Waals surface area contributed by atoms with Crippen LogP contribution in [0.3, 0.4) is 0 Å². The van der Waals surface area contributed by atoms with Crippen LogP contribution in [0.1, 0.15) is 16.3 Å². The minimum atomic E-state index is -0.222. The molecule has 0 aliphatic carbocycles. The van der Waals surface area contributed by atoms with Gasteiger partial charge in [0.2, 0.25) is 0 Å². The van der Waals surface area contributed by atoms with Gasteiger partial charge in [0.1, 0.15) is 5.82 Å². The predicted molar refractivity (Wildman–Crippen MR) is 101 cm³/mol.